The van der Waals surface area contributed by atoms with Gasteiger partial charge in [0.05, 0.1) is 31.5 Å². The van der Waals surface area contributed by atoms with Crippen LogP contribution < -0.4 is 0 Å². The van der Waals surface area contributed by atoms with Gasteiger partial charge in [-0.05, 0) is 124 Å². The Balaban J connectivity index is -0.00000119. The molecule has 0 unspecified atom stereocenters. The zero-order chi connectivity index (χ0) is 85.0. The van der Waals surface area contributed by atoms with Gasteiger partial charge in [-0.2, -0.15) is 0 Å². The molecule has 612 valence electrons. The number of non-ortho nitro benzene ring substituents is 1. The summed E-state index contributed by atoms with van der Waals surface area (Å²) in [6.07, 6.45) is 31.6. The van der Waals surface area contributed by atoms with E-state index in [1.807, 2.05) is 6.92 Å². The molecule has 0 spiro atoms. The van der Waals surface area contributed by atoms with Crippen LogP contribution in [0.1, 0.15) is 285 Å². The molecule has 0 aromatic heterocycles. The van der Waals surface area contributed by atoms with E-state index in [1.54, 1.807) is 43.3 Å². The maximum atomic E-state index is 10.6. The highest BCUT2D eigenvalue weighted by molar-refractivity contribution is 5.94. The van der Waals surface area contributed by atoms with Gasteiger partial charge in [0.25, 0.3) is 5.69 Å². The lowest BCUT2D eigenvalue weighted by atomic mass is 10.1. The van der Waals surface area contributed by atoms with Gasteiger partial charge >= 0.3 is 65.1 Å². The number of carbonyl (C=O) groups is 9. The molecule has 0 fully saturated rings. The van der Waals surface area contributed by atoms with E-state index < -0.39 is 102 Å². The summed E-state index contributed by atoms with van der Waals surface area (Å²) in [6.45, 7) is 13.3. The van der Waals surface area contributed by atoms with Crippen molar-refractivity contribution in [3.63, 3.8) is 0 Å². The molecule has 6 rings (SSSR count). The maximum absolute atomic E-state index is 10.6. The summed E-state index contributed by atoms with van der Waals surface area (Å²) in [5, 5.41) is 144. The fourth-order valence-corrected chi connectivity index (χ4v) is 9.42. The number of nitro groups is 3. The van der Waals surface area contributed by atoms with E-state index >= 15 is 0 Å². The standard InChI is InChI=1S/C13H26O2.C11H22O2.C10H20O2.2C8H7NO5.C8H8O3.C8H8O2.C7H5NO4.C7H6O3/c1-2-3-4-5-6-7-8-9-10-11-12-13(14)15;1-2-3-4-5-6-7-8-9-10-11(12)13;1-2-3-4-5-6-7-8-9-10(11)12;2*1-4-2-5(8(11)12)7(10)6(3-4)9(13)14;1-5-4-6(8(10)11)2-3-7(5)9;1-6-2-4-7(5-3-6)8(9)10;9-7(10)5-2-1-3-6(4-5)8(11)12;8-6-4-2-1-3-5(6)7(9)10/h2-12H2,1H3,(H,14,15);2-10H2,1H3,(H,12,13);2-9H2,1H3,(H,11,12);2*2-3,10H,1H3,(H,11,12);2-4,9H,1H3,(H,10,11);2-5H,1H3,(H,9,10);1-4H,(H,9,10);1-4,8H,(H,9,10). The van der Waals surface area contributed by atoms with Crippen molar-refractivity contribution >= 4 is 70.8 Å². The van der Waals surface area contributed by atoms with Crippen molar-refractivity contribution in [3.8, 4) is 23.0 Å². The number of carboxylic acids is 9. The summed E-state index contributed by atoms with van der Waals surface area (Å²) in [5.41, 5.74) is 0.527. The summed E-state index contributed by atoms with van der Waals surface area (Å²) >= 11 is 0. The molecule has 0 aliphatic heterocycles. The highest BCUT2D eigenvalue weighted by Crippen LogP contribution is 2.32. The number of phenols is 4. The van der Waals surface area contributed by atoms with E-state index in [-0.39, 0.29) is 33.9 Å². The Hall–Kier alpha value is -12.1. The molecule has 0 aliphatic carbocycles. The zero-order valence-corrected chi connectivity index (χ0v) is 64.0. The van der Waals surface area contributed by atoms with E-state index in [0.29, 0.717) is 41.5 Å². The second-order valence-corrected chi connectivity index (χ2v) is 25.1. The fraction of sp³-hybridized carbons (Fsp3) is 0.438. The number of hydrogen-bond acceptors (Lipinski definition) is 19. The van der Waals surface area contributed by atoms with Crippen LogP contribution in [0, 0.1) is 58.0 Å². The smallest absolute Gasteiger partial charge is 0.339 e. The number of phenolic OH excluding ortho intramolecular Hbond substituents is 1. The minimum absolute atomic E-state index is 0.0671. The number of carboxylic acid groups (broad SMARTS) is 9. The number of aliphatic carboxylic acids is 3. The molecule has 0 bridgehead atoms. The number of para-hydroxylation sites is 1. The van der Waals surface area contributed by atoms with Gasteiger partial charge in [0.15, 0.2) is 0 Å². The number of unbranched alkanes of at least 4 members (excludes halogenated alkanes) is 22. The molecule has 111 heavy (non-hydrogen) atoms. The molecule has 31 heteroatoms. The van der Waals surface area contributed by atoms with E-state index in [9.17, 15) is 83.7 Å². The predicted molar refractivity (Wildman–Crippen MR) is 415 cm³/mol. The molecular weight excluding hydrogens is 1450 g/mol. The van der Waals surface area contributed by atoms with Crippen molar-refractivity contribution in [2.45, 2.75) is 228 Å². The molecule has 13 N–H and O–H groups in total. The number of aromatic hydroxyl groups is 4. The molecule has 0 saturated carbocycles. The van der Waals surface area contributed by atoms with Crippen molar-refractivity contribution in [1.29, 1.82) is 0 Å². The molecule has 6 aromatic carbocycles. The third kappa shape index (κ3) is 52.6. The van der Waals surface area contributed by atoms with E-state index in [4.69, 9.17) is 56.2 Å². The predicted octanol–water partition coefficient (Wildman–Crippen LogP) is 19.3. The zero-order valence-electron chi connectivity index (χ0n) is 64.0. The second-order valence-electron chi connectivity index (χ2n) is 25.1. The maximum Gasteiger partial charge on any atom is 0.339 e. The van der Waals surface area contributed by atoms with Crippen LogP contribution in [0.25, 0.3) is 0 Å². The lowest BCUT2D eigenvalue weighted by Gasteiger charge is -2.01. The molecule has 0 saturated heterocycles. The Kier molecular flexibility index (Phi) is 57.5. The van der Waals surface area contributed by atoms with E-state index in [0.717, 1.165) is 62.3 Å². The highest BCUT2D eigenvalue weighted by Gasteiger charge is 2.23. The van der Waals surface area contributed by atoms with Crippen LogP contribution in [0.2, 0.25) is 0 Å². The number of rotatable bonds is 37. The largest absolute Gasteiger partial charge is 0.508 e. The number of benzene rings is 6. The van der Waals surface area contributed by atoms with Gasteiger partial charge in [-0.3, -0.25) is 44.7 Å². The van der Waals surface area contributed by atoms with Crippen LogP contribution in [0.4, 0.5) is 17.1 Å². The van der Waals surface area contributed by atoms with Gasteiger partial charge in [-0.25, -0.2) is 28.8 Å². The topological polar surface area (TPSA) is 546 Å². The monoisotopic (exact) mass is 1560 g/mol. The number of nitrogens with zero attached hydrogens (tertiary/aromatic N) is 3. The van der Waals surface area contributed by atoms with E-state index in [2.05, 4.69) is 20.8 Å². The van der Waals surface area contributed by atoms with Gasteiger partial charge in [0, 0.05) is 43.5 Å². The van der Waals surface area contributed by atoms with Crippen LogP contribution in [-0.2, 0) is 14.4 Å². The Morgan fingerprint density at radius 2 is 0.613 bits per heavy atom. The molecule has 0 amide bonds. The van der Waals surface area contributed by atoms with Gasteiger partial charge in [0.1, 0.15) is 28.2 Å². The van der Waals surface area contributed by atoms with Crippen molar-refractivity contribution in [1.82, 2.24) is 0 Å². The molecule has 0 atom stereocenters. The van der Waals surface area contributed by atoms with Crippen LogP contribution in [-0.4, -0.2) is 135 Å². The molecular formula is C80H109N3O28. The summed E-state index contributed by atoms with van der Waals surface area (Å²) < 4.78 is 0. The van der Waals surface area contributed by atoms with Crippen LogP contribution >= 0.6 is 0 Å². The molecule has 6 aromatic rings. The van der Waals surface area contributed by atoms with Gasteiger partial charge in [-0.1, -0.05) is 198 Å². The van der Waals surface area contributed by atoms with Crippen LogP contribution in [0.3, 0.4) is 0 Å². The van der Waals surface area contributed by atoms with Crippen LogP contribution in [0.15, 0.2) is 115 Å². The fourth-order valence-electron chi connectivity index (χ4n) is 9.42. The number of nitro benzene ring substituents is 3. The number of aromatic carboxylic acids is 6. The minimum atomic E-state index is -1.39. The number of aryl methyl sites for hydroxylation is 4. The lowest BCUT2D eigenvalue weighted by molar-refractivity contribution is -0.386. The first kappa shape index (κ1) is 103. The van der Waals surface area contributed by atoms with Gasteiger partial charge in [0.2, 0.25) is 11.5 Å². The minimum Gasteiger partial charge on any atom is -0.508 e. The molecule has 0 heterocycles. The summed E-state index contributed by atoms with van der Waals surface area (Å²) in [5.74, 6) is -10.6. The molecule has 0 aliphatic rings. The lowest BCUT2D eigenvalue weighted by Crippen LogP contribution is -2.00. The van der Waals surface area contributed by atoms with Gasteiger partial charge in [-0.15, -0.1) is 0 Å². The third-order valence-electron chi connectivity index (χ3n) is 15.5. The quantitative estimate of drug-likeness (QED) is 0.00978. The van der Waals surface area contributed by atoms with Crippen molar-refractivity contribution in [2.75, 3.05) is 0 Å². The average Bonchev–Trinajstić information content (AvgIpc) is 0.828. The van der Waals surface area contributed by atoms with Crippen molar-refractivity contribution < 1.29 is 124 Å². The Morgan fingerprint density at radius 1 is 0.297 bits per heavy atom. The molecule has 0 radical (unpaired) electrons. The summed E-state index contributed by atoms with van der Waals surface area (Å²) in [4.78, 5) is 122. The average molecular weight is 1560 g/mol. The number of hydrogen-bond donors (Lipinski definition) is 13. The first-order chi connectivity index (χ1) is 52.3. The normalized spacial score (nSPS) is 9.79. The SMILES string of the molecule is CCCCCCCCCC(=O)O.CCCCCCCCCCC(=O)O.CCCCCCCCCCCCC(=O)O.Cc1cc(C(=O)O)c(O)c([N+](=O)[O-])c1.Cc1cc(C(=O)O)c(O)c([N+](=O)[O-])c1.Cc1cc(C(=O)O)ccc1O.Cc1ccc(C(=O)O)cc1.O=C(O)c1cccc([N+](=O)[O-])c1.O=C(O)c1ccccc1O. The van der Waals surface area contributed by atoms with Crippen LogP contribution in [0.5, 0.6) is 23.0 Å². The Labute approximate surface area is 645 Å². The first-order valence-corrected chi connectivity index (χ1v) is 36.2. The third-order valence-corrected chi connectivity index (χ3v) is 15.5. The summed E-state index contributed by atoms with van der Waals surface area (Å²) in [7, 11) is 0. The summed E-state index contributed by atoms with van der Waals surface area (Å²) in [6, 6.07) is 26.2. The highest BCUT2D eigenvalue weighted by atomic mass is 16.6. The molecule has 31 nitrogen and oxygen atoms in total. The first-order valence-electron chi connectivity index (χ1n) is 36.2. The Morgan fingerprint density at radius 3 is 0.892 bits per heavy atom. The Bertz CT molecular complexity index is 3660. The van der Waals surface area contributed by atoms with Crippen molar-refractivity contribution in [2.24, 2.45) is 0 Å². The van der Waals surface area contributed by atoms with Crippen molar-refractivity contribution in [3.05, 3.63) is 201 Å². The van der Waals surface area contributed by atoms with E-state index in [1.165, 1.54) is 197 Å². The van der Waals surface area contributed by atoms with Gasteiger partial charge < -0.3 is 66.4 Å². The second kappa shape index (κ2) is 61.9.